The van der Waals surface area contributed by atoms with Gasteiger partial charge >= 0.3 is 0 Å². The average molecular weight is 204 g/mol. The van der Waals surface area contributed by atoms with Crippen LogP contribution < -0.4 is 22.9 Å². The highest BCUT2D eigenvalue weighted by Gasteiger charge is 2.20. The summed E-state index contributed by atoms with van der Waals surface area (Å²) in [5.74, 6) is 0. The molecule has 2 aliphatic heterocycles. The van der Waals surface area contributed by atoms with Crippen molar-refractivity contribution in [1.29, 1.82) is 0 Å². The monoisotopic (exact) mass is 204 g/mol. The Kier molecular flexibility index (Phi) is 4.73. The Morgan fingerprint density at radius 2 is 0.786 bits per heavy atom. The maximum atomic E-state index is 5.43. The molecule has 0 unspecified atom stereocenters. The molecule has 14 heavy (non-hydrogen) atoms. The normalized spacial score (nSPS) is 42.0. The van der Waals surface area contributed by atoms with Crippen LogP contribution in [-0.4, -0.2) is 50.6 Å². The van der Waals surface area contributed by atoms with Gasteiger partial charge in [-0.25, -0.2) is 0 Å². The molecule has 8 N–H and O–H groups in total. The fraction of sp³-hybridized carbons (Fsp3) is 1.00. The van der Waals surface area contributed by atoms with Gasteiger partial charge in [0.05, 0.1) is 26.4 Å². The molecule has 2 aliphatic rings. The summed E-state index contributed by atoms with van der Waals surface area (Å²) in [4.78, 5) is 0. The predicted octanol–water partition coefficient (Wildman–Crippen LogP) is -2.66. The zero-order valence-corrected chi connectivity index (χ0v) is 8.26. The number of hydrogen-bond acceptors (Lipinski definition) is 6. The van der Waals surface area contributed by atoms with Crippen molar-refractivity contribution in [3.05, 3.63) is 0 Å². The van der Waals surface area contributed by atoms with Gasteiger partial charge in [0.2, 0.25) is 0 Å². The molecule has 2 rings (SSSR count). The first-order valence-corrected chi connectivity index (χ1v) is 4.79. The topological polar surface area (TPSA) is 123 Å². The summed E-state index contributed by atoms with van der Waals surface area (Å²) in [7, 11) is 0. The molecule has 0 bridgehead atoms. The fourth-order valence-electron chi connectivity index (χ4n) is 1.17. The van der Waals surface area contributed by atoms with E-state index in [2.05, 4.69) is 0 Å². The third-order valence-electron chi connectivity index (χ3n) is 2.34. The van der Waals surface area contributed by atoms with Gasteiger partial charge in [-0.3, -0.25) is 0 Å². The zero-order valence-electron chi connectivity index (χ0n) is 8.26. The van der Waals surface area contributed by atoms with Crippen molar-refractivity contribution in [2.75, 3.05) is 26.4 Å². The SMILES string of the molecule is N[C@@H]1COC[C@@H]1N.N[C@@H]1COC[C@@H]1N. The first kappa shape index (κ1) is 11.8. The van der Waals surface area contributed by atoms with Gasteiger partial charge in [0.15, 0.2) is 0 Å². The Hall–Kier alpha value is -0.240. The molecule has 2 saturated heterocycles. The Bertz CT molecular complexity index is 135. The summed E-state index contributed by atoms with van der Waals surface area (Å²) in [6.07, 6.45) is 0. The zero-order chi connectivity index (χ0) is 10.6. The molecule has 0 aliphatic carbocycles. The number of hydrogen-bond donors (Lipinski definition) is 4. The molecule has 0 aromatic heterocycles. The van der Waals surface area contributed by atoms with Crippen molar-refractivity contribution in [3.63, 3.8) is 0 Å². The minimum absolute atomic E-state index is 0.0694. The summed E-state index contributed by atoms with van der Waals surface area (Å²) in [5.41, 5.74) is 21.7. The second kappa shape index (κ2) is 5.59. The largest absolute Gasteiger partial charge is 0.378 e. The van der Waals surface area contributed by atoms with E-state index in [-0.39, 0.29) is 24.2 Å². The Labute approximate surface area is 83.9 Å². The molecular formula is C8H20N4O2. The molecule has 4 atom stereocenters. The lowest BCUT2D eigenvalue weighted by Crippen LogP contribution is -2.39. The van der Waals surface area contributed by atoms with Gasteiger partial charge in [-0.05, 0) is 0 Å². The Morgan fingerprint density at radius 1 is 0.571 bits per heavy atom. The second-order valence-corrected chi connectivity index (χ2v) is 3.73. The minimum Gasteiger partial charge on any atom is -0.378 e. The molecule has 0 spiro atoms. The van der Waals surface area contributed by atoms with Crippen molar-refractivity contribution >= 4 is 0 Å². The van der Waals surface area contributed by atoms with Crippen molar-refractivity contribution in [1.82, 2.24) is 0 Å². The molecule has 6 heteroatoms. The van der Waals surface area contributed by atoms with E-state index in [1.165, 1.54) is 0 Å². The van der Waals surface area contributed by atoms with Gasteiger partial charge in [0, 0.05) is 24.2 Å². The highest BCUT2D eigenvalue weighted by atomic mass is 16.5. The van der Waals surface area contributed by atoms with Crippen molar-refractivity contribution in [2.45, 2.75) is 24.2 Å². The summed E-state index contributed by atoms with van der Waals surface area (Å²) in [5, 5.41) is 0. The molecule has 0 radical (unpaired) electrons. The van der Waals surface area contributed by atoms with Crippen LogP contribution in [0, 0.1) is 0 Å². The number of ether oxygens (including phenoxy) is 2. The molecule has 0 amide bonds. The maximum Gasteiger partial charge on any atom is 0.0634 e. The smallest absolute Gasteiger partial charge is 0.0634 e. The lowest BCUT2D eigenvalue weighted by molar-refractivity contribution is 0.191. The molecule has 84 valence electrons. The van der Waals surface area contributed by atoms with Gasteiger partial charge in [0.1, 0.15) is 0 Å². The van der Waals surface area contributed by atoms with Crippen LogP contribution >= 0.6 is 0 Å². The molecule has 2 heterocycles. The summed E-state index contributed by atoms with van der Waals surface area (Å²) in [6, 6.07) is 0.278. The molecule has 6 nitrogen and oxygen atoms in total. The van der Waals surface area contributed by atoms with Crippen LogP contribution in [0.25, 0.3) is 0 Å². The molecule has 0 saturated carbocycles. The van der Waals surface area contributed by atoms with Crippen molar-refractivity contribution in [2.24, 2.45) is 22.9 Å². The van der Waals surface area contributed by atoms with E-state index in [1.807, 2.05) is 0 Å². The molecule has 0 aromatic rings. The molecular weight excluding hydrogens is 184 g/mol. The Balaban J connectivity index is 0.000000140. The third-order valence-corrected chi connectivity index (χ3v) is 2.34. The van der Waals surface area contributed by atoms with Crippen molar-refractivity contribution < 1.29 is 9.47 Å². The quantitative estimate of drug-likeness (QED) is 0.341. The van der Waals surface area contributed by atoms with Gasteiger partial charge < -0.3 is 32.4 Å². The van der Waals surface area contributed by atoms with Gasteiger partial charge in [-0.1, -0.05) is 0 Å². The van der Waals surface area contributed by atoms with E-state index < -0.39 is 0 Å². The number of nitrogens with two attached hydrogens (primary N) is 4. The van der Waals surface area contributed by atoms with Crippen LogP contribution in [-0.2, 0) is 9.47 Å². The van der Waals surface area contributed by atoms with Gasteiger partial charge in [-0.15, -0.1) is 0 Å². The van der Waals surface area contributed by atoms with Crippen LogP contribution in [0.3, 0.4) is 0 Å². The standard InChI is InChI=1S/2C4H10N2O/c2*5-3-1-7-2-4(3)6/h2*3-4H,1-2,5-6H2/t2*3-,4+. The van der Waals surface area contributed by atoms with Gasteiger partial charge in [0.25, 0.3) is 0 Å². The van der Waals surface area contributed by atoms with Crippen LogP contribution in [0.1, 0.15) is 0 Å². The maximum absolute atomic E-state index is 5.43. The second-order valence-electron chi connectivity index (χ2n) is 3.73. The van der Waals surface area contributed by atoms with Gasteiger partial charge in [-0.2, -0.15) is 0 Å². The lowest BCUT2D eigenvalue weighted by Gasteiger charge is -2.02. The van der Waals surface area contributed by atoms with E-state index >= 15 is 0 Å². The molecule has 0 aromatic carbocycles. The summed E-state index contributed by atoms with van der Waals surface area (Å²) >= 11 is 0. The van der Waals surface area contributed by atoms with E-state index in [9.17, 15) is 0 Å². The minimum atomic E-state index is 0.0694. The van der Waals surface area contributed by atoms with Crippen molar-refractivity contribution in [3.8, 4) is 0 Å². The Morgan fingerprint density at radius 3 is 0.857 bits per heavy atom. The number of rotatable bonds is 0. The van der Waals surface area contributed by atoms with Crippen LogP contribution in [0.4, 0.5) is 0 Å². The van der Waals surface area contributed by atoms with Crippen LogP contribution in [0.2, 0.25) is 0 Å². The first-order chi connectivity index (χ1) is 6.61. The van der Waals surface area contributed by atoms with E-state index in [4.69, 9.17) is 32.4 Å². The summed E-state index contributed by atoms with van der Waals surface area (Å²) < 4.78 is 9.84. The first-order valence-electron chi connectivity index (χ1n) is 4.79. The predicted molar refractivity (Wildman–Crippen MR) is 53.5 cm³/mol. The highest BCUT2D eigenvalue weighted by molar-refractivity contribution is 4.80. The van der Waals surface area contributed by atoms with Crippen LogP contribution in [0.15, 0.2) is 0 Å². The molecule has 2 fully saturated rings. The van der Waals surface area contributed by atoms with E-state index in [0.29, 0.717) is 26.4 Å². The lowest BCUT2D eigenvalue weighted by atomic mass is 10.2. The fourth-order valence-corrected chi connectivity index (χ4v) is 1.17. The van der Waals surface area contributed by atoms with Crippen LogP contribution in [0.5, 0.6) is 0 Å². The highest BCUT2D eigenvalue weighted by Crippen LogP contribution is 1.98. The van der Waals surface area contributed by atoms with E-state index in [1.54, 1.807) is 0 Å². The third kappa shape index (κ3) is 3.49. The van der Waals surface area contributed by atoms with E-state index in [0.717, 1.165) is 0 Å². The average Bonchev–Trinajstić information content (AvgIpc) is 2.67. The summed E-state index contributed by atoms with van der Waals surface area (Å²) in [6.45, 7) is 2.50.